The average Bonchev–Trinajstić information content (AvgIpc) is 2.46. The first-order chi connectivity index (χ1) is 9.74. The number of nitrogens with zero attached hydrogens (tertiary/aromatic N) is 2. The lowest BCUT2D eigenvalue weighted by molar-refractivity contribution is 1.12. The zero-order valence-corrected chi connectivity index (χ0v) is 11.4. The molecule has 0 bridgehead atoms. The van der Waals surface area contributed by atoms with Gasteiger partial charge in [-0.2, -0.15) is 0 Å². The number of anilines is 2. The van der Waals surface area contributed by atoms with Gasteiger partial charge in [-0.05, 0) is 17.7 Å². The quantitative estimate of drug-likeness (QED) is 0.773. The molecule has 3 aromatic rings. The van der Waals surface area contributed by atoms with Crippen LogP contribution in [0.3, 0.4) is 0 Å². The van der Waals surface area contributed by atoms with Crippen molar-refractivity contribution in [2.75, 3.05) is 11.1 Å². The third kappa shape index (κ3) is 2.51. The van der Waals surface area contributed by atoms with Crippen molar-refractivity contribution in [2.45, 2.75) is 6.54 Å². The lowest BCUT2D eigenvalue weighted by Gasteiger charge is -2.10. The number of pyridine rings is 2. The van der Waals surface area contributed by atoms with Crippen LogP contribution in [0.1, 0.15) is 5.56 Å². The predicted molar refractivity (Wildman–Crippen MR) is 82.7 cm³/mol. The summed E-state index contributed by atoms with van der Waals surface area (Å²) in [6.07, 6.45) is 3.36. The monoisotopic (exact) mass is 284 g/mol. The molecule has 100 valence electrons. The van der Waals surface area contributed by atoms with Gasteiger partial charge in [-0.3, -0.25) is 4.98 Å². The van der Waals surface area contributed by atoms with E-state index in [0.717, 1.165) is 16.5 Å². The number of halogens is 1. The van der Waals surface area contributed by atoms with Gasteiger partial charge in [0.25, 0.3) is 0 Å². The predicted octanol–water partition coefficient (Wildman–Crippen LogP) is 3.48. The highest BCUT2D eigenvalue weighted by molar-refractivity contribution is 6.30. The topological polar surface area (TPSA) is 63.8 Å². The molecule has 2 aromatic heterocycles. The van der Waals surface area contributed by atoms with E-state index in [9.17, 15) is 0 Å². The summed E-state index contributed by atoms with van der Waals surface area (Å²) in [5.41, 5.74) is 8.48. The molecule has 0 saturated heterocycles. The molecule has 1 aromatic carbocycles. The van der Waals surface area contributed by atoms with Crippen LogP contribution in [0.2, 0.25) is 5.02 Å². The average molecular weight is 285 g/mol. The number of hydrogen-bond donors (Lipinski definition) is 2. The molecule has 2 heterocycles. The SMILES string of the molecule is Nc1cc(Cl)cnc1NCc1cccc2cccnc12. The van der Waals surface area contributed by atoms with Crippen LogP contribution in [-0.2, 0) is 6.54 Å². The Kier molecular flexibility index (Phi) is 3.39. The molecule has 0 aliphatic rings. The van der Waals surface area contributed by atoms with Crippen molar-refractivity contribution in [3.05, 3.63) is 59.4 Å². The summed E-state index contributed by atoms with van der Waals surface area (Å²) in [6.45, 7) is 0.604. The summed E-state index contributed by atoms with van der Waals surface area (Å²) in [4.78, 5) is 8.60. The van der Waals surface area contributed by atoms with E-state index in [1.807, 2.05) is 30.3 Å². The number of nitrogen functional groups attached to an aromatic ring is 1. The number of nitrogens with two attached hydrogens (primary N) is 1. The molecule has 0 fully saturated rings. The maximum absolute atomic E-state index is 5.87. The van der Waals surface area contributed by atoms with Gasteiger partial charge in [-0.25, -0.2) is 4.98 Å². The first-order valence-corrected chi connectivity index (χ1v) is 6.59. The Morgan fingerprint density at radius 2 is 2.00 bits per heavy atom. The van der Waals surface area contributed by atoms with Crippen LogP contribution in [0.5, 0.6) is 0 Å². The van der Waals surface area contributed by atoms with E-state index in [0.29, 0.717) is 23.1 Å². The van der Waals surface area contributed by atoms with E-state index in [1.54, 1.807) is 18.5 Å². The number of rotatable bonds is 3. The third-order valence-corrected chi connectivity index (χ3v) is 3.25. The van der Waals surface area contributed by atoms with Gasteiger partial charge in [0, 0.05) is 24.3 Å². The van der Waals surface area contributed by atoms with Gasteiger partial charge in [0.05, 0.1) is 16.2 Å². The van der Waals surface area contributed by atoms with Crippen LogP contribution in [0.15, 0.2) is 48.8 Å². The molecule has 20 heavy (non-hydrogen) atoms. The second-order valence-electron chi connectivity index (χ2n) is 4.44. The first-order valence-electron chi connectivity index (χ1n) is 6.21. The van der Waals surface area contributed by atoms with E-state index in [2.05, 4.69) is 15.3 Å². The molecule has 5 heteroatoms. The zero-order chi connectivity index (χ0) is 13.9. The van der Waals surface area contributed by atoms with E-state index >= 15 is 0 Å². The molecular weight excluding hydrogens is 272 g/mol. The highest BCUT2D eigenvalue weighted by atomic mass is 35.5. The third-order valence-electron chi connectivity index (χ3n) is 3.05. The maximum Gasteiger partial charge on any atom is 0.149 e. The van der Waals surface area contributed by atoms with Crippen LogP contribution in [0.25, 0.3) is 10.9 Å². The van der Waals surface area contributed by atoms with Crippen molar-refractivity contribution >= 4 is 34.0 Å². The second kappa shape index (κ2) is 5.35. The Morgan fingerprint density at radius 1 is 1.15 bits per heavy atom. The molecule has 0 saturated carbocycles. The van der Waals surface area contributed by atoms with E-state index < -0.39 is 0 Å². The Labute approximate surface area is 121 Å². The number of fused-ring (bicyclic) bond motifs is 1. The molecule has 0 aliphatic carbocycles. The van der Waals surface area contributed by atoms with Crippen LogP contribution >= 0.6 is 11.6 Å². The lowest BCUT2D eigenvalue weighted by atomic mass is 10.1. The van der Waals surface area contributed by atoms with Gasteiger partial charge in [0.15, 0.2) is 0 Å². The Bertz CT molecular complexity index is 752. The van der Waals surface area contributed by atoms with Crippen molar-refractivity contribution in [2.24, 2.45) is 0 Å². The van der Waals surface area contributed by atoms with Gasteiger partial charge < -0.3 is 11.1 Å². The first kappa shape index (κ1) is 12.7. The lowest BCUT2D eigenvalue weighted by Crippen LogP contribution is -2.05. The Hall–Kier alpha value is -2.33. The number of para-hydroxylation sites is 1. The molecule has 0 unspecified atom stereocenters. The van der Waals surface area contributed by atoms with Gasteiger partial charge >= 0.3 is 0 Å². The molecule has 4 nitrogen and oxygen atoms in total. The molecule has 0 amide bonds. The minimum Gasteiger partial charge on any atom is -0.396 e. The summed E-state index contributed by atoms with van der Waals surface area (Å²) in [6, 6.07) is 11.7. The Morgan fingerprint density at radius 3 is 2.85 bits per heavy atom. The van der Waals surface area contributed by atoms with Gasteiger partial charge in [-0.1, -0.05) is 35.9 Å². The van der Waals surface area contributed by atoms with Gasteiger partial charge in [0.2, 0.25) is 0 Å². The summed E-state index contributed by atoms with van der Waals surface area (Å²) in [5, 5.41) is 4.86. The van der Waals surface area contributed by atoms with Crippen molar-refractivity contribution < 1.29 is 0 Å². The maximum atomic E-state index is 5.87. The molecule has 3 rings (SSSR count). The van der Waals surface area contributed by atoms with Gasteiger partial charge in [-0.15, -0.1) is 0 Å². The number of hydrogen-bond acceptors (Lipinski definition) is 4. The van der Waals surface area contributed by atoms with Crippen LogP contribution in [0.4, 0.5) is 11.5 Å². The molecule has 3 N–H and O–H groups in total. The summed E-state index contributed by atoms with van der Waals surface area (Å²) in [7, 11) is 0. The molecular formula is C15H13ClN4. The van der Waals surface area contributed by atoms with Crippen molar-refractivity contribution in [3.63, 3.8) is 0 Å². The second-order valence-corrected chi connectivity index (χ2v) is 4.87. The number of benzene rings is 1. The van der Waals surface area contributed by atoms with Crippen LogP contribution in [-0.4, -0.2) is 9.97 Å². The fourth-order valence-corrected chi connectivity index (χ4v) is 2.26. The zero-order valence-electron chi connectivity index (χ0n) is 10.7. The summed E-state index contributed by atoms with van der Waals surface area (Å²) >= 11 is 5.83. The van der Waals surface area contributed by atoms with E-state index in [4.69, 9.17) is 17.3 Å². The normalized spacial score (nSPS) is 10.7. The van der Waals surface area contributed by atoms with Crippen molar-refractivity contribution in [1.82, 2.24) is 9.97 Å². The van der Waals surface area contributed by atoms with E-state index in [1.165, 1.54) is 0 Å². The fraction of sp³-hybridized carbons (Fsp3) is 0.0667. The number of aromatic nitrogens is 2. The number of nitrogens with one attached hydrogen (secondary N) is 1. The minimum absolute atomic E-state index is 0.528. The van der Waals surface area contributed by atoms with Crippen LogP contribution < -0.4 is 11.1 Å². The molecule has 0 atom stereocenters. The standard InChI is InChI=1S/C15H13ClN4/c16-12-7-13(17)15(20-9-12)19-8-11-4-1-3-10-5-2-6-18-14(10)11/h1-7,9H,8,17H2,(H,19,20). The highest BCUT2D eigenvalue weighted by Crippen LogP contribution is 2.21. The Balaban J connectivity index is 1.87. The summed E-state index contributed by atoms with van der Waals surface area (Å²) in [5.74, 6) is 0.627. The van der Waals surface area contributed by atoms with Crippen molar-refractivity contribution in [3.8, 4) is 0 Å². The van der Waals surface area contributed by atoms with E-state index in [-0.39, 0.29) is 0 Å². The van der Waals surface area contributed by atoms with Crippen molar-refractivity contribution in [1.29, 1.82) is 0 Å². The molecule has 0 aliphatic heterocycles. The minimum atomic E-state index is 0.528. The smallest absolute Gasteiger partial charge is 0.149 e. The highest BCUT2D eigenvalue weighted by Gasteiger charge is 2.04. The summed E-state index contributed by atoms with van der Waals surface area (Å²) < 4.78 is 0. The fourth-order valence-electron chi connectivity index (χ4n) is 2.09. The largest absolute Gasteiger partial charge is 0.396 e. The molecule has 0 radical (unpaired) electrons. The molecule has 0 spiro atoms. The van der Waals surface area contributed by atoms with Crippen LogP contribution in [0, 0.1) is 0 Å². The van der Waals surface area contributed by atoms with Gasteiger partial charge in [0.1, 0.15) is 5.82 Å².